The van der Waals surface area contributed by atoms with Gasteiger partial charge in [0.05, 0.1) is 12.1 Å². The quantitative estimate of drug-likeness (QED) is 0.512. The van der Waals surface area contributed by atoms with Crippen LogP contribution < -0.4 is 5.32 Å². The summed E-state index contributed by atoms with van der Waals surface area (Å²) in [6, 6.07) is -0.912. The minimum Gasteiger partial charge on any atom is -0.478 e. The number of carbonyl (C=O) groups is 3. The number of amides is 2. The van der Waals surface area contributed by atoms with E-state index in [-0.39, 0.29) is 41.3 Å². The lowest BCUT2D eigenvalue weighted by atomic mass is 9.95. The molecular weight excluding hydrogens is 394 g/mol. The van der Waals surface area contributed by atoms with Crippen molar-refractivity contribution in [2.24, 2.45) is 11.8 Å². The molecule has 1 rings (SSSR count). The Hall–Kier alpha value is -1.89. The van der Waals surface area contributed by atoms with Crippen LogP contribution in [-0.4, -0.2) is 70.4 Å². The summed E-state index contributed by atoms with van der Waals surface area (Å²) in [5, 5.41) is 12.3. The van der Waals surface area contributed by atoms with Crippen molar-refractivity contribution in [2.75, 3.05) is 13.6 Å². The van der Waals surface area contributed by atoms with Crippen molar-refractivity contribution in [3.63, 3.8) is 0 Å². The average molecular weight is 438 g/mol. The van der Waals surface area contributed by atoms with Gasteiger partial charge in [0.2, 0.25) is 11.8 Å². The lowest BCUT2D eigenvalue weighted by Gasteiger charge is -2.40. The second-order valence-electron chi connectivity index (χ2n) is 9.58. The zero-order valence-corrected chi connectivity index (χ0v) is 20.6. The first-order valence-electron chi connectivity index (χ1n) is 11.7. The molecule has 1 fully saturated rings. The van der Waals surface area contributed by atoms with Gasteiger partial charge in [-0.2, -0.15) is 0 Å². The third-order valence-electron chi connectivity index (χ3n) is 6.47. The van der Waals surface area contributed by atoms with Gasteiger partial charge < -0.3 is 15.3 Å². The SMILES string of the molecule is CCC(C)N1CCCCC1C(=O)NC(C(=O)N(C)[C@H](/C=C(\C)C(=O)O)C(C)C)C(C)C. The highest BCUT2D eigenvalue weighted by molar-refractivity contribution is 5.90. The van der Waals surface area contributed by atoms with Gasteiger partial charge in [0.1, 0.15) is 6.04 Å². The second-order valence-corrected chi connectivity index (χ2v) is 9.58. The van der Waals surface area contributed by atoms with E-state index >= 15 is 0 Å². The zero-order valence-electron chi connectivity index (χ0n) is 20.6. The van der Waals surface area contributed by atoms with Gasteiger partial charge in [-0.3, -0.25) is 14.5 Å². The van der Waals surface area contributed by atoms with Crippen LogP contribution in [0.5, 0.6) is 0 Å². The summed E-state index contributed by atoms with van der Waals surface area (Å²) in [6.45, 7) is 14.5. The average Bonchev–Trinajstić information content (AvgIpc) is 2.73. The van der Waals surface area contributed by atoms with Crippen molar-refractivity contribution in [2.45, 2.75) is 98.3 Å². The Morgan fingerprint density at radius 3 is 2.23 bits per heavy atom. The zero-order chi connectivity index (χ0) is 23.9. The van der Waals surface area contributed by atoms with Crippen molar-refractivity contribution in [1.29, 1.82) is 0 Å². The topological polar surface area (TPSA) is 90.0 Å². The van der Waals surface area contributed by atoms with Crippen LogP contribution in [0.3, 0.4) is 0 Å². The predicted molar refractivity (Wildman–Crippen MR) is 124 cm³/mol. The molecule has 0 bridgehead atoms. The number of nitrogens with one attached hydrogen (secondary N) is 1. The van der Waals surface area contributed by atoms with Crippen LogP contribution in [-0.2, 0) is 14.4 Å². The molecule has 0 radical (unpaired) electrons. The van der Waals surface area contributed by atoms with Crippen LogP contribution in [0.25, 0.3) is 0 Å². The smallest absolute Gasteiger partial charge is 0.331 e. The molecule has 7 nitrogen and oxygen atoms in total. The molecule has 2 N–H and O–H groups in total. The van der Waals surface area contributed by atoms with E-state index in [0.717, 1.165) is 32.2 Å². The number of aliphatic carboxylic acids is 1. The van der Waals surface area contributed by atoms with Crippen LogP contribution >= 0.6 is 0 Å². The number of hydrogen-bond donors (Lipinski definition) is 2. The van der Waals surface area contributed by atoms with Gasteiger partial charge in [0.25, 0.3) is 0 Å². The first-order chi connectivity index (χ1) is 14.4. The van der Waals surface area contributed by atoms with Gasteiger partial charge in [-0.1, -0.05) is 47.1 Å². The molecular formula is C24H43N3O4. The summed E-state index contributed by atoms with van der Waals surface area (Å²) in [4.78, 5) is 41.8. The van der Waals surface area contributed by atoms with Crippen LogP contribution in [0, 0.1) is 11.8 Å². The van der Waals surface area contributed by atoms with Crippen molar-refractivity contribution < 1.29 is 19.5 Å². The number of nitrogens with zero attached hydrogens (tertiary/aromatic N) is 2. The van der Waals surface area contributed by atoms with Crippen LogP contribution in [0.15, 0.2) is 11.6 Å². The van der Waals surface area contributed by atoms with E-state index in [1.807, 2.05) is 27.7 Å². The molecule has 7 heteroatoms. The van der Waals surface area contributed by atoms with E-state index in [4.69, 9.17) is 0 Å². The van der Waals surface area contributed by atoms with Gasteiger partial charge >= 0.3 is 5.97 Å². The monoisotopic (exact) mass is 437 g/mol. The number of rotatable bonds is 10. The third kappa shape index (κ3) is 7.34. The Bertz CT molecular complexity index is 659. The fourth-order valence-corrected chi connectivity index (χ4v) is 4.21. The Morgan fingerprint density at radius 2 is 1.74 bits per heavy atom. The van der Waals surface area contributed by atoms with Crippen LogP contribution in [0.1, 0.15) is 74.1 Å². The number of hydrogen-bond acceptors (Lipinski definition) is 4. The fraction of sp³-hybridized carbons (Fsp3) is 0.792. The van der Waals surface area contributed by atoms with E-state index in [1.165, 1.54) is 6.92 Å². The summed E-state index contributed by atoms with van der Waals surface area (Å²) >= 11 is 0. The molecule has 0 aromatic heterocycles. The van der Waals surface area contributed by atoms with Crippen molar-refractivity contribution in [1.82, 2.24) is 15.1 Å². The maximum absolute atomic E-state index is 13.4. The van der Waals surface area contributed by atoms with E-state index in [1.54, 1.807) is 18.0 Å². The molecule has 0 aromatic carbocycles. The van der Waals surface area contributed by atoms with E-state index in [9.17, 15) is 19.5 Å². The van der Waals surface area contributed by atoms with Crippen molar-refractivity contribution in [3.8, 4) is 0 Å². The number of piperidine rings is 1. The van der Waals surface area contributed by atoms with E-state index in [0.29, 0.717) is 6.04 Å². The third-order valence-corrected chi connectivity index (χ3v) is 6.47. The highest BCUT2D eigenvalue weighted by Crippen LogP contribution is 2.22. The van der Waals surface area contributed by atoms with Gasteiger partial charge in [-0.25, -0.2) is 4.79 Å². The second kappa shape index (κ2) is 12.2. The summed E-state index contributed by atoms with van der Waals surface area (Å²) in [7, 11) is 1.69. The molecule has 1 aliphatic heterocycles. The molecule has 0 aromatic rings. The molecule has 1 saturated heterocycles. The van der Waals surface area contributed by atoms with Crippen molar-refractivity contribution in [3.05, 3.63) is 11.6 Å². The van der Waals surface area contributed by atoms with Gasteiger partial charge in [0, 0.05) is 18.7 Å². The Labute approximate surface area is 188 Å². The first kappa shape index (κ1) is 27.1. The fourth-order valence-electron chi connectivity index (χ4n) is 4.21. The van der Waals surface area contributed by atoms with Gasteiger partial charge in [-0.15, -0.1) is 0 Å². The van der Waals surface area contributed by atoms with Crippen LogP contribution in [0.2, 0.25) is 0 Å². The van der Waals surface area contributed by atoms with E-state index < -0.39 is 12.0 Å². The van der Waals surface area contributed by atoms with Crippen LogP contribution in [0.4, 0.5) is 0 Å². The molecule has 4 atom stereocenters. The van der Waals surface area contributed by atoms with Gasteiger partial charge in [-0.05, 0) is 51.5 Å². The standard InChI is InChI=1S/C24H43N3O4/c1-9-18(7)27-13-11-10-12-19(27)22(28)25-21(16(4)5)23(29)26(8)20(15(2)3)14-17(6)24(30)31/h14-16,18-21H,9-13H2,1-8H3,(H,25,28)(H,30,31)/b17-14+/t18?,19?,20-,21?/m1/s1. The maximum atomic E-state index is 13.4. The number of carbonyl (C=O) groups excluding carboxylic acids is 2. The summed E-state index contributed by atoms with van der Waals surface area (Å²) in [6.07, 6.45) is 5.51. The molecule has 31 heavy (non-hydrogen) atoms. The maximum Gasteiger partial charge on any atom is 0.331 e. The highest BCUT2D eigenvalue weighted by Gasteiger charge is 2.36. The molecule has 0 saturated carbocycles. The number of carboxylic acid groups (broad SMARTS) is 1. The molecule has 2 amide bonds. The lowest BCUT2D eigenvalue weighted by Crippen LogP contribution is -2.59. The molecule has 1 heterocycles. The van der Waals surface area contributed by atoms with Gasteiger partial charge in [0.15, 0.2) is 0 Å². The molecule has 1 aliphatic rings. The normalized spacial score (nSPS) is 21.0. The molecule has 0 spiro atoms. The summed E-state index contributed by atoms with van der Waals surface area (Å²) < 4.78 is 0. The Kier molecular flexibility index (Phi) is 10.7. The number of likely N-dealkylation sites (N-methyl/N-ethyl adjacent to an activating group) is 1. The molecule has 3 unspecified atom stereocenters. The van der Waals surface area contributed by atoms with E-state index in [2.05, 4.69) is 24.1 Å². The highest BCUT2D eigenvalue weighted by atomic mass is 16.4. The Balaban J connectivity index is 3.06. The Morgan fingerprint density at radius 1 is 1.13 bits per heavy atom. The summed E-state index contributed by atoms with van der Waals surface area (Å²) in [5.74, 6) is -1.33. The largest absolute Gasteiger partial charge is 0.478 e. The molecule has 178 valence electrons. The molecule has 0 aliphatic carbocycles. The minimum absolute atomic E-state index is 0.0333. The van der Waals surface area contributed by atoms with Crippen molar-refractivity contribution >= 4 is 17.8 Å². The number of carboxylic acids is 1. The minimum atomic E-state index is -0.998. The lowest BCUT2D eigenvalue weighted by molar-refractivity contribution is -0.140. The summed E-state index contributed by atoms with van der Waals surface area (Å²) in [5.41, 5.74) is 0.204. The first-order valence-corrected chi connectivity index (χ1v) is 11.7. The predicted octanol–water partition coefficient (Wildman–Crippen LogP) is 3.29. The number of likely N-dealkylation sites (tertiary alicyclic amines) is 1.